The van der Waals surface area contributed by atoms with Gasteiger partial charge < -0.3 is 9.84 Å². The van der Waals surface area contributed by atoms with Crippen molar-refractivity contribution >= 4 is 23.8 Å². The Morgan fingerprint density at radius 2 is 1.11 bits per heavy atom. The smallest absolute Gasteiger partial charge is 0.127 e. The molecule has 1 aliphatic heterocycles. The summed E-state index contributed by atoms with van der Waals surface area (Å²) in [4.78, 5) is 22.5. The van der Waals surface area contributed by atoms with Gasteiger partial charge in [-0.05, 0) is 24.3 Å². The zero-order chi connectivity index (χ0) is 38.7. The minimum absolute atomic E-state index is 0.00888. The first-order valence-corrected chi connectivity index (χ1v) is 18.3. The summed E-state index contributed by atoms with van der Waals surface area (Å²) in [7, 11) is 0. The van der Waals surface area contributed by atoms with Crippen molar-refractivity contribution < 1.29 is 52.3 Å². The summed E-state index contributed by atoms with van der Waals surface area (Å²) in [5.74, 6) is 1.47. The zero-order valence-electron chi connectivity index (χ0n) is 30.6. The third-order valence-corrected chi connectivity index (χ3v) is 10.5. The molecule has 6 rings (SSSR count). The number of non-ortho nitro benzene ring substituents is 2. The Hall–Kier alpha value is -5.27. The van der Waals surface area contributed by atoms with Crippen LogP contribution in [0.5, 0.6) is 28.7 Å². The molecule has 4 aromatic rings. The van der Waals surface area contributed by atoms with Gasteiger partial charge in [0.25, 0.3) is 0 Å². The topological polar surface area (TPSA) is 165 Å². The monoisotopic (exact) mass is 768 g/mol. The van der Waals surface area contributed by atoms with Crippen molar-refractivity contribution in [1.82, 2.24) is 0 Å². The van der Waals surface area contributed by atoms with Crippen molar-refractivity contribution in [2.24, 2.45) is 0 Å². The van der Waals surface area contributed by atoms with E-state index in [1.165, 1.54) is 36.4 Å². The number of benzene rings is 4. The van der Waals surface area contributed by atoms with Crippen LogP contribution in [0.4, 0.5) is 11.4 Å². The first kappa shape index (κ1) is 38.9. The molecule has 2 aliphatic rings. The van der Waals surface area contributed by atoms with Gasteiger partial charge in [-0.2, -0.15) is 0 Å². The van der Waals surface area contributed by atoms with Crippen LogP contribution in [0, 0.1) is 20.2 Å². The number of para-hydroxylation sites is 1. The Bertz CT molecular complexity index is 1950. The quantitative estimate of drug-likeness (QED) is 0.148. The maximum absolute atomic E-state index is 11.7. The van der Waals surface area contributed by atoms with Gasteiger partial charge in [0.1, 0.15) is 11.5 Å². The molecule has 2 atom stereocenters. The van der Waals surface area contributed by atoms with Crippen LogP contribution < -0.4 is 9.84 Å². The van der Waals surface area contributed by atoms with E-state index in [0.717, 1.165) is 46.6 Å². The Morgan fingerprint density at radius 1 is 0.698 bits per heavy atom. The largest absolute Gasteiger partial charge is 0.872 e. The summed E-state index contributed by atoms with van der Waals surface area (Å²) >= 11 is 0.772. The molecule has 2 unspecified atom stereocenters. The molecule has 0 bridgehead atoms. The van der Waals surface area contributed by atoms with Crippen molar-refractivity contribution in [2.45, 2.75) is 90.1 Å². The molecular weight excluding hydrogens is 723 g/mol. The number of ether oxygens (including phenoxy) is 1. The molecule has 13 heteroatoms. The molecule has 12 nitrogen and oxygen atoms in total. The van der Waals surface area contributed by atoms with Gasteiger partial charge in [-0.15, -0.1) is 5.75 Å². The number of nitro benzene ring substituents is 2. The predicted octanol–water partition coefficient (Wildman–Crippen LogP) is 7.86. The Morgan fingerprint density at radius 3 is 1.51 bits per heavy atom. The molecule has 4 aromatic carbocycles. The molecule has 2 fully saturated rings. The third kappa shape index (κ3) is 9.40. The number of hydrogen-bond donors (Lipinski definition) is 2. The van der Waals surface area contributed by atoms with Crippen LogP contribution in [-0.4, -0.2) is 51.8 Å². The maximum atomic E-state index is 11.7. The molecule has 1 aliphatic carbocycles. The summed E-state index contributed by atoms with van der Waals surface area (Å²) < 4.78 is 9.61. The van der Waals surface area contributed by atoms with E-state index in [4.69, 9.17) is 4.74 Å². The number of hydrogen-bond acceptors (Lipinski definition) is 8. The van der Waals surface area contributed by atoms with Crippen molar-refractivity contribution in [3.8, 4) is 28.7 Å². The minimum atomic E-state index is -0.501. The molecule has 1 heterocycles. The number of phenols is 2. The fourth-order valence-corrected chi connectivity index (χ4v) is 7.90. The molecule has 0 radical (unpaired) electrons. The summed E-state index contributed by atoms with van der Waals surface area (Å²) in [6.07, 6.45) is 7.41. The second-order valence-corrected chi connectivity index (χ2v) is 16.4. The molecule has 53 heavy (non-hydrogen) atoms. The maximum Gasteiger partial charge on any atom is 0.127 e. The van der Waals surface area contributed by atoms with Crippen LogP contribution >= 0.6 is 0 Å². The van der Waals surface area contributed by atoms with Crippen LogP contribution in [0.15, 0.2) is 78.9 Å². The van der Waals surface area contributed by atoms with E-state index in [1.54, 1.807) is 24.6 Å². The number of nitro groups is 2. The van der Waals surface area contributed by atoms with Crippen LogP contribution in [0.2, 0.25) is 0 Å². The van der Waals surface area contributed by atoms with E-state index >= 15 is 0 Å². The van der Waals surface area contributed by atoms with Crippen LogP contribution in [0.3, 0.4) is 0 Å². The standard InChI is InChI=1S/C28H36N4O6.C12H10O2.Co/c1-27(2,3)21-13-19(31(35)36)11-17(25(21)33)15-29-23-9-7-8-10-24(23)30-16-18-12-20(32(37)38)14-22(26(18)34)28(4,5)6;13-10-6-8-12(9-7-10)14-11-4-2-1-3-5-11;/h11-16,23-24,33-34H,7-10H2,1-6H3;1-9,13H;/q;;+2/p-1. The van der Waals surface area contributed by atoms with E-state index in [2.05, 4.69) is 7.25 Å². The van der Waals surface area contributed by atoms with Crippen molar-refractivity contribution in [3.05, 3.63) is 121 Å². The van der Waals surface area contributed by atoms with Gasteiger partial charge in [-0.1, -0.05) is 30.3 Å². The molecular formula is C40H45CoN4O8+. The summed E-state index contributed by atoms with van der Waals surface area (Å²) in [6.45, 7) is 11.4. The van der Waals surface area contributed by atoms with Crippen molar-refractivity contribution in [2.75, 3.05) is 0 Å². The van der Waals surface area contributed by atoms with Crippen molar-refractivity contribution in [1.29, 1.82) is 0 Å². The predicted molar refractivity (Wildman–Crippen MR) is 196 cm³/mol. The van der Waals surface area contributed by atoms with Crippen molar-refractivity contribution in [3.63, 3.8) is 0 Å². The number of phenolic OH excluding ortho intramolecular Hbond substituents is 2. The normalized spacial score (nSPS) is 18.8. The van der Waals surface area contributed by atoms with Gasteiger partial charge >= 0.3 is 235 Å². The summed E-state index contributed by atoms with van der Waals surface area (Å²) in [5, 5.41) is 56.4. The second kappa shape index (κ2) is 15.8. The Labute approximate surface area is 315 Å². The first-order valence-electron chi connectivity index (χ1n) is 17.3. The molecule has 2 N–H and O–H groups in total. The molecule has 281 valence electrons. The molecule has 0 spiro atoms. The fourth-order valence-electron chi connectivity index (χ4n) is 6.28. The molecule has 0 amide bonds. The third-order valence-electron chi connectivity index (χ3n) is 9.05. The number of nitrogens with zero attached hydrogens (tertiary/aromatic N) is 4. The van der Waals surface area contributed by atoms with Gasteiger partial charge in [0.05, 0.1) is 0 Å². The molecule has 1 saturated carbocycles. The average Bonchev–Trinajstić information content (AvgIpc) is 3.43. The fraction of sp³-hybridized carbons (Fsp3) is 0.350. The van der Waals surface area contributed by atoms with E-state index in [-0.39, 0.29) is 40.7 Å². The molecule has 0 aromatic heterocycles. The van der Waals surface area contributed by atoms with E-state index in [0.29, 0.717) is 28.0 Å². The first-order chi connectivity index (χ1) is 24.9. The average molecular weight is 769 g/mol. The van der Waals surface area contributed by atoms with Crippen LogP contribution in [-0.2, 0) is 26.0 Å². The summed E-state index contributed by atoms with van der Waals surface area (Å²) in [6, 6.07) is 21.5. The molecule has 1 saturated heterocycles. The van der Waals surface area contributed by atoms with Gasteiger partial charge in [-0.25, -0.2) is 0 Å². The van der Waals surface area contributed by atoms with Gasteiger partial charge in [0.2, 0.25) is 0 Å². The van der Waals surface area contributed by atoms with E-state index in [9.17, 15) is 35.5 Å². The second-order valence-electron chi connectivity index (χ2n) is 15.1. The van der Waals surface area contributed by atoms with E-state index < -0.39 is 20.7 Å². The number of aromatic hydroxyl groups is 2. The SMILES string of the molecule is CC(C)(C)c1cc([N+](=O)[O-])cc(C=[N+]2[Co][N+](=Cc3cc([N+](=O)[O-])cc(C(C)(C)C)c3O)C3CCCCC32)c1O.[O-]c1ccc(Oc2ccccc2)cc1. The minimum Gasteiger partial charge on any atom is -0.872 e. The number of fused-ring (bicyclic) bond motifs is 1. The van der Waals surface area contributed by atoms with Gasteiger partial charge in [0.15, 0.2) is 0 Å². The van der Waals surface area contributed by atoms with Gasteiger partial charge in [0, 0.05) is 0 Å². The summed E-state index contributed by atoms with van der Waals surface area (Å²) in [5.41, 5.74) is 0.576. The Balaban J connectivity index is 0.000000322. The van der Waals surface area contributed by atoms with E-state index in [1.807, 2.05) is 71.9 Å². The Kier molecular flexibility index (Phi) is 11.6. The van der Waals surface area contributed by atoms with Crippen LogP contribution in [0.25, 0.3) is 0 Å². The zero-order valence-corrected chi connectivity index (χ0v) is 31.7. The number of rotatable bonds is 6. The van der Waals surface area contributed by atoms with Crippen LogP contribution in [0.1, 0.15) is 89.5 Å². The van der Waals surface area contributed by atoms with Gasteiger partial charge in [-0.3, -0.25) is 0 Å².